The van der Waals surface area contributed by atoms with E-state index in [2.05, 4.69) is 4.98 Å². The number of carbonyl (C=O) groups is 2. The molecule has 2 aromatic carbocycles. The number of hydrogen-bond donors (Lipinski definition) is 1. The minimum absolute atomic E-state index is 0.183. The number of nitrogens with zero attached hydrogens (tertiary/aromatic N) is 2. The normalized spacial score (nSPS) is 16.2. The third kappa shape index (κ3) is 3.53. The predicted octanol–water partition coefficient (Wildman–Crippen LogP) is 4.68. The van der Waals surface area contributed by atoms with Gasteiger partial charge in [0.15, 0.2) is 6.10 Å². The van der Waals surface area contributed by atoms with Gasteiger partial charge in [-0.3, -0.25) is 14.5 Å². The van der Waals surface area contributed by atoms with Gasteiger partial charge in [-0.1, -0.05) is 29.3 Å². The fourth-order valence-corrected chi connectivity index (χ4v) is 4.63. The van der Waals surface area contributed by atoms with Gasteiger partial charge in [-0.25, -0.2) is 4.98 Å². The summed E-state index contributed by atoms with van der Waals surface area (Å²) in [6, 6.07) is 8.80. The van der Waals surface area contributed by atoms with Crippen molar-refractivity contribution in [3.63, 3.8) is 0 Å². The molecule has 1 N–H and O–H groups in total. The van der Waals surface area contributed by atoms with Gasteiger partial charge in [0.05, 0.1) is 33.9 Å². The lowest BCUT2D eigenvalue weighted by atomic mass is 10.1. The van der Waals surface area contributed by atoms with E-state index in [4.69, 9.17) is 33.0 Å². The zero-order valence-corrected chi connectivity index (χ0v) is 16.9. The summed E-state index contributed by atoms with van der Waals surface area (Å²) < 4.78 is 6.43. The average Bonchev–Trinajstić information content (AvgIpc) is 3.01. The van der Waals surface area contributed by atoms with E-state index in [1.165, 1.54) is 16.2 Å². The Kier molecular flexibility index (Phi) is 4.91. The summed E-state index contributed by atoms with van der Waals surface area (Å²) >= 11 is 13.7. The highest BCUT2D eigenvalue weighted by molar-refractivity contribution is 7.19. The van der Waals surface area contributed by atoms with Crippen molar-refractivity contribution in [2.24, 2.45) is 0 Å². The SMILES string of the molecule is Cc1ccc2c(c1)N(Cc1nc3cc(Cl)cc(Cl)c3s1)C(=O)C(CC(=O)O)O2. The number of amides is 1. The predicted molar refractivity (Wildman–Crippen MR) is 109 cm³/mol. The van der Waals surface area contributed by atoms with Crippen LogP contribution in [0, 0.1) is 6.92 Å². The smallest absolute Gasteiger partial charge is 0.307 e. The average molecular weight is 437 g/mol. The van der Waals surface area contributed by atoms with Crippen LogP contribution in [0.15, 0.2) is 30.3 Å². The van der Waals surface area contributed by atoms with E-state index in [1.54, 1.807) is 18.2 Å². The van der Waals surface area contributed by atoms with E-state index >= 15 is 0 Å². The van der Waals surface area contributed by atoms with Crippen LogP contribution >= 0.6 is 34.5 Å². The summed E-state index contributed by atoms with van der Waals surface area (Å²) in [5.74, 6) is -1.04. The topological polar surface area (TPSA) is 79.7 Å². The summed E-state index contributed by atoms with van der Waals surface area (Å²) in [5.41, 5.74) is 2.20. The molecule has 0 bridgehead atoms. The maximum atomic E-state index is 12.9. The lowest BCUT2D eigenvalue weighted by Gasteiger charge is -2.33. The van der Waals surface area contributed by atoms with Crippen LogP contribution in [0.2, 0.25) is 10.0 Å². The van der Waals surface area contributed by atoms with Crippen LogP contribution in [0.25, 0.3) is 10.2 Å². The molecule has 1 aliphatic rings. The molecule has 2 heterocycles. The molecule has 0 aliphatic carbocycles. The first-order chi connectivity index (χ1) is 13.3. The van der Waals surface area contributed by atoms with Gasteiger partial charge in [-0.2, -0.15) is 0 Å². The molecular weight excluding hydrogens is 423 g/mol. The molecule has 144 valence electrons. The first-order valence-electron chi connectivity index (χ1n) is 8.37. The Morgan fingerprint density at radius 3 is 2.86 bits per heavy atom. The van der Waals surface area contributed by atoms with Gasteiger partial charge in [0, 0.05) is 5.02 Å². The molecule has 1 atom stereocenters. The number of aryl methyl sites for hydroxylation is 1. The molecule has 4 rings (SSSR count). The molecule has 1 aliphatic heterocycles. The van der Waals surface area contributed by atoms with Crippen LogP contribution in [0.5, 0.6) is 5.75 Å². The zero-order valence-electron chi connectivity index (χ0n) is 14.6. The largest absolute Gasteiger partial charge is 0.481 e. The van der Waals surface area contributed by atoms with Gasteiger partial charge in [0.25, 0.3) is 5.91 Å². The third-order valence-electron chi connectivity index (χ3n) is 4.32. The second kappa shape index (κ2) is 7.24. The van der Waals surface area contributed by atoms with Crippen molar-refractivity contribution in [2.75, 3.05) is 4.90 Å². The zero-order chi connectivity index (χ0) is 20.0. The van der Waals surface area contributed by atoms with Crippen LogP contribution in [0.1, 0.15) is 17.0 Å². The molecule has 9 heteroatoms. The van der Waals surface area contributed by atoms with E-state index in [9.17, 15) is 9.59 Å². The number of carboxylic acids is 1. The molecule has 0 saturated heterocycles. The Bertz CT molecular complexity index is 1110. The molecule has 3 aromatic rings. The first-order valence-corrected chi connectivity index (χ1v) is 9.94. The van der Waals surface area contributed by atoms with Crippen molar-refractivity contribution in [1.82, 2.24) is 4.98 Å². The number of aliphatic carboxylic acids is 1. The monoisotopic (exact) mass is 436 g/mol. The maximum absolute atomic E-state index is 12.9. The van der Waals surface area contributed by atoms with Crippen LogP contribution in [-0.4, -0.2) is 28.1 Å². The Morgan fingerprint density at radius 1 is 1.32 bits per heavy atom. The summed E-state index contributed by atoms with van der Waals surface area (Å²) in [6.45, 7) is 2.09. The number of fused-ring (bicyclic) bond motifs is 2. The number of rotatable bonds is 4. The number of aromatic nitrogens is 1. The van der Waals surface area contributed by atoms with Crippen molar-refractivity contribution >= 4 is 62.3 Å². The van der Waals surface area contributed by atoms with Gasteiger partial charge in [0.2, 0.25) is 0 Å². The fraction of sp³-hybridized carbons (Fsp3) is 0.211. The van der Waals surface area contributed by atoms with E-state index in [1.807, 2.05) is 19.1 Å². The van der Waals surface area contributed by atoms with Gasteiger partial charge in [-0.15, -0.1) is 11.3 Å². The van der Waals surface area contributed by atoms with Gasteiger partial charge < -0.3 is 9.84 Å². The number of anilines is 1. The maximum Gasteiger partial charge on any atom is 0.307 e. The molecule has 0 saturated carbocycles. The minimum Gasteiger partial charge on any atom is -0.481 e. The van der Waals surface area contributed by atoms with E-state index < -0.39 is 24.4 Å². The number of carboxylic acid groups (broad SMARTS) is 1. The second-order valence-electron chi connectivity index (χ2n) is 6.44. The lowest BCUT2D eigenvalue weighted by Crippen LogP contribution is -2.46. The lowest BCUT2D eigenvalue weighted by molar-refractivity contribution is -0.142. The van der Waals surface area contributed by atoms with Crippen molar-refractivity contribution < 1.29 is 19.4 Å². The van der Waals surface area contributed by atoms with E-state index in [-0.39, 0.29) is 6.54 Å². The molecule has 28 heavy (non-hydrogen) atoms. The van der Waals surface area contributed by atoms with Crippen LogP contribution < -0.4 is 9.64 Å². The number of halogens is 2. The van der Waals surface area contributed by atoms with Gasteiger partial charge in [-0.05, 0) is 36.8 Å². The number of carbonyl (C=O) groups excluding carboxylic acids is 1. The summed E-state index contributed by atoms with van der Waals surface area (Å²) in [6.07, 6.45) is -1.50. The highest BCUT2D eigenvalue weighted by Gasteiger charge is 2.36. The second-order valence-corrected chi connectivity index (χ2v) is 8.37. The standard InChI is InChI=1S/C19H14Cl2N2O4S/c1-9-2-3-14-13(4-9)23(19(26)15(27-14)7-17(24)25)8-16-22-12-6-10(20)5-11(21)18(12)28-16/h2-6,15H,7-8H2,1H3,(H,24,25). The third-order valence-corrected chi connectivity index (χ3v) is 6.04. The molecular formula is C19H14Cl2N2O4S. The minimum atomic E-state index is -1.10. The summed E-state index contributed by atoms with van der Waals surface area (Å²) in [4.78, 5) is 30.1. The van der Waals surface area contributed by atoms with Crippen molar-refractivity contribution in [3.8, 4) is 5.75 Å². The number of thiazole rings is 1. The Hall–Kier alpha value is -2.35. The molecule has 1 unspecified atom stereocenters. The van der Waals surface area contributed by atoms with Crippen molar-refractivity contribution in [3.05, 3.63) is 50.9 Å². The van der Waals surface area contributed by atoms with E-state index in [0.29, 0.717) is 32.0 Å². The molecule has 1 aromatic heterocycles. The highest BCUT2D eigenvalue weighted by atomic mass is 35.5. The van der Waals surface area contributed by atoms with Crippen LogP contribution in [-0.2, 0) is 16.1 Å². The van der Waals surface area contributed by atoms with Crippen molar-refractivity contribution in [2.45, 2.75) is 26.0 Å². The molecule has 0 fully saturated rings. The molecule has 0 spiro atoms. The van der Waals surface area contributed by atoms with E-state index in [0.717, 1.165) is 10.3 Å². The van der Waals surface area contributed by atoms with Gasteiger partial charge in [0.1, 0.15) is 10.8 Å². The Labute approximate surface area is 174 Å². The Morgan fingerprint density at radius 2 is 2.11 bits per heavy atom. The van der Waals surface area contributed by atoms with Gasteiger partial charge >= 0.3 is 5.97 Å². The number of hydrogen-bond acceptors (Lipinski definition) is 5. The fourth-order valence-electron chi connectivity index (χ4n) is 3.09. The summed E-state index contributed by atoms with van der Waals surface area (Å²) in [5, 5.41) is 10.8. The molecule has 1 amide bonds. The molecule has 0 radical (unpaired) electrons. The van der Waals surface area contributed by atoms with Crippen LogP contribution in [0.4, 0.5) is 5.69 Å². The Balaban J connectivity index is 1.74. The molecule has 6 nitrogen and oxygen atoms in total. The first kappa shape index (κ1) is 19.0. The number of benzene rings is 2. The highest BCUT2D eigenvalue weighted by Crippen LogP contribution is 2.38. The summed E-state index contributed by atoms with van der Waals surface area (Å²) in [7, 11) is 0. The number of ether oxygens (including phenoxy) is 1. The van der Waals surface area contributed by atoms with Crippen LogP contribution in [0.3, 0.4) is 0 Å². The quantitative estimate of drug-likeness (QED) is 0.641. The van der Waals surface area contributed by atoms with Crippen molar-refractivity contribution in [1.29, 1.82) is 0 Å².